The lowest BCUT2D eigenvalue weighted by Gasteiger charge is -2.10. The maximum Gasteiger partial charge on any atom is 0.232 e. The molecular formula is C12H13N3O2S. The Labute approximate surface area is 106 Å². The molecule has 0 bridgehead atoms. The number of aromatic nitrogens is 2. The highest BCUT2D eigenvalue weighted by molar-refractivity contribution is 7.92. The number of pyridine rings is 2. The average Bonchev–Trinajstić information content (AvgIpc) is 2.40. The van der Waals surface area contributed by atoms with Gasteiger partial charge in [0.25, 0.3) is 0 Å². The van der Waals surface area contributed by atoms with Crippen LogP contribution >= 0.6 is 0 Å². The Kier molecular flexibility index (Phi) is 3.57. The molecule has 0 fully saturated rings. The zero-order valence-corrected chi connectivity index (χ0v) is 10.7. The third-order valence-corrected chi connectivity index (χ3v) is 3.73. The summed E-state index contributed by atoms with van der Waals surface area (Å²) in [7, 11) is -3.30. The summed E-state index contributed by atoms with van der Waals surface area (Å²) in [6.45, 7) is 1.59. The van der Waals surface area contributed by atoms with E-state index in [1.54, 1.807) is 43.8 Å². The smallest absolute Gasteiger partial charge is 0.232 e. The van der Waals surface area contributed by atoms with Crippen molar-refractivity contribution in [3.8, 4) is 11.1 Å². The van der Waals surface area contributed by atoms with E-state index < -0.39 is 10.0 Å². The van der Waals surface area contributed by atoms with E-state index in [-0.39, 0.29) is 5.75 Å². The topological polar surface area (TPSA) is 72.0 Å². The van der Waals surface area contributed by atoms with Gasteiger partial charge in [-0.25, -0.2) is 8.42 Å². The van der Waals surface area contributed by atoms with Gasteiger partial charge in [0, 0.05) is 35.9 Å². The van der Waals surface area contributed by atoms with Gasteiger partial charge in [0.1, 0.15) is 0 Å². The van der Waals surface area contributed by atoms with Gasteiger partial charge in [-0.15, -0.1) is 0 Å². The monoisotopic (exact) mass is 263 g/mol. The molecule has 2 heterocycles. The standard InChI is InChI=1S/C12H13N3O2S/c1-2-18(16,17)15-12-5-7-14-9-11(12)10-4-3-6-13-8-10/h3-9H,2H2,1H3,(H,14,15). The van der Waals surface area contributed by atoms with E-state index in [1.165, 1.54) is 0 Å². The highest BCUT2D eigenvalue weighted by Gasteiger charge is 2.11. The largest absolute Gasteiger partial charge is 0.283 e. The first-order chi connectivity index (χ1) is 8.62. The summed E-state index contributed by atoms with van der Waals surface area (Å²) in [6, 6.07) is 5.28. The van der Waals surface area contributed by atoms with Crippen LogP contribution in [0.2, 0.25) is 0 Å². The minimum absolute atomic E-state index is 0.0296. The van der Waals surface area contributed by atoms with Crippen LogP contribution in [0, 0.1) is 0 Å². The fourth-order valence-electron chi connectivity index (χ4n) is 1.48. The van der Waals surface area contributed by atoms with Gasteiger partial charge < -0.3 is 0 Å². The Balaban J connectivity index is 2.44. The van der Waals surface area contributed by atoms with Crippen LogP contribution in [0.15, 0.2) is 43.0 Å². The number of nitrogens with zero attached hydrogens (tertiary/aromatic N) is 2. The van der Waals surface area contributed by atoms with Gasteiger partial charge in [-0.1, -0.05) is 6.07 Å². The minimum Gasteiger partial charge on any atom is -0.283 e. The molecule has 0 radical (unpaired) electrons. The van der Waals surface area contributed by atoms with Crippen molar-refractivity contribution >= 4 is 15.7 Å². The van der Waals surface area contributed by atoms with Gasteiger partial charge in [0.2, 0.25) is 10.0 Å². The van der Waals surface area contributed by atoms with E-state index in [0.29, 0.717) is 11.3 Å². The van der Waals surface area contributed by atoms with Crippen molar-refractivity contribution < 1.29 is 8.42 Å². The number of hydrogen-bond acceptors (Lipinski definition) is 4. The lowest BCUT2D eigenvalue weighted by molar-refractivity contribution is 0.602. The number of sulfonamides is 1. The average molecular weight is 263 g/mol. The zero-order chi connectivity index (χ0) is 13.0. The van der Waals surface area contributed by atoms with Crippen LogP contribution in [0.4, 0.5) is 5.69 Å². The Morgan fingerprint density at radius 2 is 1.94 bits per heavy atom. The molecule has 0 aromatic carbocycles. The molecule has 0 saturated carbocycles. The number of nitrogens with one attached hydrogen (secondary N) is 1. The van der Waals surface area contributed by atoms with Crippen molar-refractivity contribution in [1.29, 1.82) is 0 Å². The van der Waals surface area contributed by atoms with Gasteiger partial charge >= 0.3 is 0 Å². The molecule has 0 aliphatic heterocycles. The van der Waals surface area contributed by atoms with Crippen LogP contribution in [-0.2, 0) is 10.0 Å². The first-order valence-corrected chi connectivity index (χ1v) is 7.12. The Morgan fingerprint density at radius 1 is 1.17 bits per heavy atom. The second-order valence-corrected chi connectivity index (χ2v) is 5.68. The summed E-state index contributed by atoms with van der Waals surface area (Å²) in [6.07, 6.45) is 6.49. The SMILES string of the molecule is CCS(=O)(=O)Nc1ccncc1-c1cccnc1. The molecule has 0 atom stereocenters. The maximum absolute atomic E-state index is 11.6. The van der Waals surface area contributed by atoms with E-state index in [4.69, 9.17) is 0 Å². The minimum atomic E-state index is -3.30. The van der Waals surface area contributed by atoms with Crippen molar-refractivity contribution in [2.24, 2.45) is 0 Å². The molecular weight excluding hydrogens is 250 g/mol. The van der Waals surface area contributed by atoms with Gasteiger partial charge in [-0.2, -0.15) is 0 Å². The molecule has 0 unspecified atom stereocenters. The molecule has 0 aliphatic carbocycles. The normalized spacial score (nSPS) is 11.2. The number of anilines is 1. The summed E-state index contributed by atoms with van der Waals surface area (Å²) < 4.78 is 25.7. The molecule has 0 amide bonds. The molecule has 2 aromatic rings. The zero-order valence-electron chi connectivity index (χ0n) is 9.87. The maximum atomic E-state index is 11.6. The second kappa shape index (κ2) is 5.14. The predicted octanol–water partition coefficient (Wildman–Crippen LogP) is 1.91. The van der Waals surface area contributed by atoms with E-state index in [2.05, 4.69) is 14.7 Å². The highest BCUT2D eigenvalue weighted by Crippen LogP contribution is 2.26. The first kappa shape index (κ1) is 12.5. The second-order valence-electron chi connectivity index (χ2n) is 3.67. The molecule has 2 rings (SSSR count). The highest BCUT2D eigenvalue weighted by atomic mass is 32.2. The Bertz CT molecular complexity index is 627. The number of hydrogen-bond donors (Lipinski definition) is 1. The third-order valence-electron chi connectivity index (χ3n) is 2.44. The van der Waals surface area contributed by atoms with Crippen molar-refractivity contribution in [2.45, 2.75) is 6.92 Å². The van der Waals surface area contributed by atoms with Crippen molar-refractivity contribution in [1.82, 2.24) is 9.97 Å². The van der Waals surface area contributed by atoms with Crippen molar-refractivity contribution in [3.63, 3.8) is 0 Å². The summed E-state index contributed by atoms with van der Waals surface area (Å²) in [5, 5.41) is 0. The van der Waals surface area contributed by atoms with Crippen LogP contribution in [0.1, 0.15) is 6.92 Å². The van der Waals surface area contributed by atoms with E-state index in [9.17, 15) is 8.42 Å². The lowest BCUT2D eigenvalue weighted by atomic mass is 10.1. The summed E-state index contributed by atoms with van der Waals surface area (Å²) in [5.41, 5.74) is 2.04. The Hall–Kier alpha value is -1.95. The van der Waals surface area contributed by atoms with Crippen LogP contribution in [0.3, 0.4) is 0 Å². The molecule has 94 valence electrons. The summed E-state index contributed by atoms with van der Waals surface area (Å²) in [4.78, 5) is 8.03. The van der Waals surface area contributed by atoms with Crippen LogP contribution in [0.25, 0.3) is 11.1 Å². The fraction of sp³-hybridized carbons (Fsp3) is 0.167. The molecule has 0 spiro atoms. The van der Waals surface area contributed by atoms with Crippen molar-refractivity contribution in [2.75, 3.05) is 10.5 Å². The van der Waals surface area contributed by atoms with E-state index >= 15 is 0 Å². The molecule has 0 aliphatic rings. The van der Waals surface area contributed by atoms with Gasteiger partial charge in [0.15, 0.2) is 0 Å². The molecule has 18 heavy (non-hydrogen) atoms. The first-order valence-electron chi connectivity index (χ1n) is 5.47. The summed E-state index contributed by atoms with van der Waals surface area (Å²) in [5.74, 6) is 0.0296. The van der Waals surface area contributed by atoms with E-state index in [0.717, 1.165) is 5.56 Å². The third kappa shape index (κ3) is 2.84. The molecule has 5 nitrogen and oxygen atoms in total. The van der Waals surface area contributed by atoms with E-state index in [1.807, 2.05) is 6.07 Å². The number of rotatable bonds is 4. The lowest BCUT2D eigenvalue weighted by Crippen LogP contribution is -2.15. The molecule has 2 aromatic heterocycles. The van der Waals surface area contributed by atoms with Crippen LogP contribution in [-0.4, -0.2) is 24.1 Å². The molecule has 6 heteroatoms. The molecule has 0 saturated heterocycles. The molecule has 1 N–H and O–H groups in total. The van der Waals surface area contributed by atoms with Crippen LogP contribution < -0.4 is 4.72 Å². The van der Waals surface area contributed by atoms with Gasteiger partial charge in [-0.05, 0) is 19.1 Å². The van der Waals surface area contributed by atoms with Gasteiger partial charge in [-0.3, -0.25) is 14.7 Å². The Morgan fingerprint density at radius 3 is 2.61 bits per heavy atom. The predicted molar refractivity (Wildman–Crippen MR) is 70.6 cm³/mol. The quantitative estimate of drug-likeness (QED) is 0.914. The van der Waals surface area contributed by atoms with Crippen molar-refractivity contribution in [3.05, 3.63) is 43.0 Å². The summed E-state index contributed by atoms with van der Waals surface area (Å²) >= 11 is 0. The van der Waals surface area contributed by atoms with Gasteiger partial charge in [0.05, 0.1) is 11.4 Å². The van der Waals surface area contributed by atoms with Crippen LogP contribution in [0.5, 0.6) is 0 Å². The fourth-order valence-corrected chi connectivity index (χ4v) is 2.13.